The number of carbonyl (C=O) groups is 1. The van der Waals surface area contributed by atoms with Gasteiger partial charge in [0.2, 0.25) is 0 Å². The largest absolute Gasteiger partial charge is 0.321 e. The summed E-state index contributed by atoms with van der Waals surface area (Å²) in [5, 5.41) is 3.55. The summed E-state index contributed by atoms with van der Waals surface area (Å²) in [6.45, 7) is 1.87. The zero-order chi connectivity index (χ0) is 14.9. The summed E-state index contributed by atoms with van der Waals surface area (Å²) in [4.78, 5) is 16.0. The Kier molecular flexibility index (Phi) is 4.91. The summed E-state index contributed by atoms with van der Waals surface area (Å²) in [5.74, 6) is -0.389. The zero-order valence-corrected chi connectivity index (χ0v) is 14.0. The van der Waals surface area contributed by atoms with E-state index in [2.05, 4.69) is 26.2 Å². The maximum absolute atomic E-state index is 12.2. The first-order valence-electron chi connectivity index (χ1n) is 5.47. The molecule has 104 valence electrons. The van der Waals surface area contributed by atoms with Crippen molar-refractivity contribution in [2.45, 2.75) is 6.92 Å². The number of carbonyl (C=O) groups excluding carboxylic acids is 1. The smallest absolute Gasteiger partial charge is 0.258 e. The molecule has 0 spiro atoms. The lowest BCUT2D eigenvalue weighted by Crippen LogP contribution is -2.13. The molecule has 0 fully saturated rings. The lowest BCUT2D eigenvalue weighted by molar-refractivity contribution is 0.102. The Hall–Kier alpha value is -0.810. The molecule has 1 N–H and O–H groups in total. The van der Waals surface area contributed by atoms with Gasteiger partial charge in [0, 0.05) is 9.50 Å². The highest BCUT2D eigenvalue weighted by Crippen LogP contribution is 2.30. The Labute approximate surface area is 139 Å². The molecule has 0 unspecified atom stereocenters. The van der Waals surface area contributed by atoms with Crippen LogP contribution in [0.1, 0.15) is 15.9 Å². The van der Waals surface area contributed by atoms with Gasteiger partial charge in [0.15, 0.2) is 0 Å². The first kappa shape index (κ1) is 15.6. The van der Waals surface area contributed by atoms with E-state index < -0.39 is 0 Å². The average Bonchev–Trinajstić information content (AvgIpc) is 2.35. The molecule has 7 heteroatoms. The van der Waals surface area contributed by atoms with E-state index in [9.17, 15) is 4.79 Å². The number of aryl methyl sites for hydroxylation is 1. The van der Waals surface area contributed by atoms with Gasteiger partial charge >= 0.3 is 0 Å². The molecule has 1 aromatic heterocycles. The van der Waals surface area contributed by atoms with Gasteiger partial charge in [-0.15, -0.1) is 0 Å². The third-order valence-corrected chi connectivity index (χ3v) is 4.12. The molecule has 0 aliphatic rings. The summed E-state index contributed by atoms with van der Waals surface area (Å²) < 4.78 is 0.728. The minimum Gasteiger partial charge on any atom is -0.321 e. The minimum absolute atomic E-state index is 0.0457. The summed E-state index contributed by atoms with van der Waals surface area (Å²) in [6.07, 6.45) is 0. The first-order chi connectivity index (χ1) is 9.38. The SMILES string of the molecule is Cc1cc(Br)c(NC(=O)c2ccc(Cl)nc2Cl)cc1Cl. The molecule has 0 saturated heterocycles. The van der Waals surface area contributed by atoms with Crippen LogP contribution in [-0.4, -0.2) is 10.9 Å². The highest BCUT2D eigenvalue weighted by Gasteiger charge is 2.14. The number of pyridine rings is 1. The molecule has 1 amide bonds. The van der Waals surface area contributed by atoms with E-state index in [0.717, 1.165) is 10.0 Å². The third kappa shape index (κ3) is 3.44. The van der Waals surface area contributed by atoms with E-state index in [1.807, 2.05) is 13.0 Å². The van der Waals surface area contributed by atoms with Crippen LogP contribution < -0.4 is 5.32 Å². The zero-order valence-electron chi connectivity index (χ0n) is 10.2. The van der Waals surface area contributed by atoms with Crippen LogP contribution in [0.4, 0.5) is 5.69 Å². The Morgan fingerprint density at radius 1 is 1.25 bits per heavy atom. The van der Waals surface area contributed by atoms with Crippen LogP contribution in [0.15, 0.2) is 28.7 Å². The van der Waals surface area contributed by atoms with Crippen LogP contribution in [0.25, 0.3) is 0 Å². The molecule has 20 heavy (non-hydrogen) atoms. The summed E-state index contributed by atoms with van der Waals surface area (Å²) >= 11 is 21.0. The predicted octanol–water partition coefficient (Wildman–Crippen LogP) is 5.37. The molecule has 0 atom stereocenters. The lowest BCUT2D eigenvalue weighted by Gasteiger charge is -2.10. The quantitative estimate of drug-likeness (QED) is 0.696. The van der Waals surface area contributed by atoms with Gasteiger partial charge in [0.25, 0.3) is 5.91 Å². The summed E-state index contributed by atoms with van der Waals surface area (Å²) in [5.41, 5.74) is 1.69. The first-order valence-corrected chi connectivity index (χ1v) is 7.40. The van der Waals surface area contributed by atoms with Crippen molar-refractivity contribution in [3.05, 3.63) is 55.2 Å². The minimum atomic E-state index is -0.389. The molecule has 2 aromatic rings. The van der Waals surface area contributed by atoms with Crippen molar-refractivity contribution < 1.29 is 4.79 Å². The van der Waals surface area contributed by atoms with E-state index in [1.54, 1.807) is 6.07 Å². The van der Waals surface area contributed by atoms with Gasteiger partial charge in [-0.25, -0.2) is 4.98 Å². The molecule has 0 aliphatic heterocycles. The second-order valence-electron chi connectivity index (χ2n) is 4.01. The second-order valence-corrected chi connectivity index (χ2v) is 6.01. The summed E-state index contributed by atoms with van der Waals surface area (Å²) in [6, 6.07) is 6.49. The molecular formula is C13H8BrCl3N2O. The fourth-order valence-electron chi connectivity index (χ4n) is 1.51. The van der Waals surface area contributed by atoms with E-state index in [1.165, 1.54) is 12.1 Å². The van der Waals surface area contributed by atoms with E-state index in [0.29, 0.717) is 10.7 Å². The molecule has 1 aromatic carbocycles. The van der Waals surface area contributed by atoms with Gasteiger partial charge in [-0.1, -0.05) is 34.8 Å². The van der Waals surface area contributed by atoms with Crippen molar-refractivity contribution in [2.75, 3.05) is 5.32 Å². The fraction of sp³-hybridized carbons (Fsp3) is 0.0769. The molecule has 0 radical (unpaired) electrons. The van der Waals surface area contributed by atoms with Crippen molar-refractivity contribution in [1.82, 2.24) is 4.98 Å². The highest BCUT2D eigenvalue weighted by atomic mass is 79.9. The standard InChI is InChI=1S/C13H8BrCl3N2O/c1-6-4-8(14)10(5-9(6)15)18-13(20)7-2-3-11(16)19-12(7)17/h2-5H,1H3,(H,18,20). The number of amides is 1. The Balaban J connectivity index is 2.30. The van der Waals surface area contributed by atoms with Gasteiger partial charge in [0.05, 0.1) is 11.3 Å². The monoisotopic (exact) mass is 392 g/mol. The van der Waals surface area contributed by atoms with Crippen molar-refractivity contribution in [3.63, 3.8) is 0 Å². The van der Waals surface area contributed by atoms with E-state index >= 15 is 0 Å². The van der Waals surface area contributed by atoms with Crippen LogP contribution in [0.2, 0.25) is 15.3 Å². The van der Waals surface area contributed by atoms with E-state index in [4.69, 9.17) is 34.8 Å². The molecule has 1 heterocycles. The number of nitrogens with one attached hydrogen (secondary N) is 1. The third-order valence-electron chi connectivity index (χ3n) is 2.56. The fourth-order valence-corrected chi connectivity index (χ4v) is 2.66. The van der Waals surface area contributed by atoms with Crippen LogP contribution in [0.3, 0.4) is 0 Å². The summed E-state index contributed by atoms with van der Waals surface area (Å²) in [7, 11) is 0. The molecule has 2 rings (SSSR count). The topological polar surface area (TPSA) is 42.0 Å². The molecular weight excluding hydrogens is 386 g/mol. The number of aromatic nitrogens is 1. The molecule has 0 aliphatic carbocycles. The number of anilines is 1. The van der Waals surface area contributed by atoms with Gasteiger partial charge in [-0.2, -0.15) is 0 Å². The number of halogens is 4. The van der Waals surface area contributed by atoms with Gasteiger partial charge in [-0.05, 0) is 52.7 Å². The van der Waals surface area contributed by atoms with Gasteiger partial charge in [-0.3, -0.25) is 4.79 Å². The van der Waals surface area contributed by atoms with Crippen LogP contribution in [-0.2, 0) is 0 Å². The molecule has 0 saturated carbocycles. The van der Waals surface area contributed by atoms with Crippen LogP contribution >= 0.6 is 50.7 Å². The van der Waals surface area contributed by atoms with E-state index in [-0.39, 0.29) is 21.8 Å². The number of nitrogens with zero attached hydrogens (tertiary/aromatic N) is 1. The maximum atomic E-state index is 12.2. The number of rotatable bonds is 2. The van der Waals surface area contributed by atoms with Crippen LogP contribution in [0, 0.1) is 6.92 Å². The van der Waals surface area contributed by atoms with Gasteiger partial charge in [0.1, 0.15) is 10.3 Å². The van der Waals surface area contributed by atoms with Gasteiger partial charge < -0.3 is 5.32 Å². The molecule has 3 nitrogen and oxygen atoms in total. The van der Waals surface area contributed by atoms with Crippen molar-refractivity contribution in [3.8, 4) is 0 Å². The number of benzene rings is 1. The Bertz CT molecular complexity index is 692. The van der Waals surface area contributed by atoms with Crippen molar-refractivity contribution >= 4 is 62.3 Å². The Morgan fingerprint density at radius 3 is 2.60 bits per heavy atom. The molecule has 0 bridgehead atoms. The van der Waals surface area contributed by atoms with Crippen molar-refractivity contribution in [2.24, 2.45) is 0 Å². The Morgan fingerprint density at radius 2 is 1.95 bits per heavy atom. The number of hydrogen-bond acceptors (Lipinski definition) is 2. The van der Waals surface area contributed by atoms with Crippen molar-refractivity contribution in [1.29, 1.82) is 0 Å². The lowest BCUT2D eigenvalue weighted by atomic mass is 10.2. The predicted molar refractivity (Wildman–Crippen MR) is 86.1 cm³/mol. The second kappa shape index (κ2) is 6.31. The maximum Gasteiger partial charge on any atom is 0.258 e. The average molecular weight is 394 g/mol. The van der Waals surface area contributed by atoms with Crippen LogP contribution in [0.5, 0.6) is 0 Å². The normalized spacial score (nSPS) is 10.4. The number of hydrogen-bond donors (Lipinski definition) is 1. The highest BCUT2D eigenvalue weighted by molar-refractivity contribution is 9.10.